The van der Waals surface area contributed by atoms with Crippen LogP contribution in [0.1, 0.15) is 126 Å². The summed E-state index contributed by atoms with van der Waals surface area (Å²) in [5.74, 6) is 1.60. The molecule has 2 rings (SSSR count). The van der Waals surface area contributed by atoms with Gasteiger partial charge in [0.15, 0.2) is 0 Å². The molecule has 3 atom stereocenters. The number of fused-ring (bicyclic) bond motifs is 2. The Balaban J connectivity index is 2.55. The van der Waals surface area contributed by atoms with E-state index in [1.54, 1.807) is 0 Å². The number of amides is 2. The van der Waals surface area contributed by atoms with Crippen LogP contribution in [0.5, 0.6) is 0 Å². The quantitative estimate of drug-likeness (QED) is 0.173. The Morgan fingerprint density at radius 3 is 1.62 bits per heavy atom. The van der Waals surface area contributed by atoms with Crippen LogP contribution in [0.2, 0.25) is 0 Å². The molecule has 2 aliphatic rings. The highest BCUT2D eigenvalue weighted by Crippen LogP contribution is 2.71. The summed E-state index contributed by atoms with van der Waals surface area (Å²) in [4.78, 5) is 32.9. The number of rotatable bonds is 18. The fourth-order valence-corrected chi connectivity index (χ4v) is 8.26. The summed E-state index contributed by atoms with van der Waals surface area (Å²) in [7, 11) is 0. The van der Waals surface area contributed by atoms with Gasteiger partial charge in [-0.05, 0) is 61.7 Å². The van der Waals surface area contributed by atoms with Crippen LogP contribution in [0, 0.1) is 34.5 Å². The van der Waals surface area contributed by atoms with E-state index < -0.39 is 0 Å². The molecule has 4 nitrogen and oxygen atoms in total. The third kappa shape index (κ3) is 6.47. The fraction of sp³-hybridized carbons (Fsp3) is 0.879. The Hall–Kier alpha value is -1.32. The minimum atomic E-state index is -0.270. The number of hydrogen-bond acceptors (Lipinski definition) is 2. The first-order valence-electron chi connectivity index (χ1n) is 15.9. The zero-order valence-electron chi connectivity index (χ0n) is 25.8. The van der Waals surface area contributed by atoms with Crippen LogP contribution in [0.4, 0.5) is 0 Å². The van der Waals surface area contributed by atoms with Gasteiger partial charge >= 0.3 is 0 Å². The number of hydrogen-bond donors (Lipinski definition) is 0. The van der Waals surface area contributed by atoms with E-state index in [9.17, 15) is 9.59 Å². The number of unbranched alkanes of at least 4 members (excludes halogenated alkanes) is 4. The standard InChI is InChI=1S/C33H60N2O2/c1-9-13-21-34(22-14-10-2)30(36)25-29(31(37)35(23-15-11-3)24-16-12-4)32-19-17-28(18-20-32)33(32,26(5)6)27(7)8/h17,19,26-29H,9-16,18,20-25H2,1-8H3. The van der Waals surface area contributed by atoms with Crippen molar-refractivity contribution in [3.05, 3.63) is 12.2 Å². The molecule has 1 saturated carbocycles. The molecule has 2 amide bonds. The van der Waals surface area contributed by atoms with Gasteiger partial charge in [-0.3, -0.25) is 9.59 Å². The summed E-state index contributed by atoms with van der Waals surface area (Å²) >= 11 is 0. The van der Waals surface area contributed by atoms with Crippen molar-refractivity contribution in [3.8, 4) is 0 Å². The van der Waals surface area contributed by atoms with Crippen molar-refractivity contribution in [1.29, 1.82) is 0 Å². The Morgan fingerprint density at radius 1 is 0.784 bits per heavy atom. The normalized spacial score (nSPS) is 22.7. The largest absolute Gasteiger partial charge is 0.343 e. The maximum absolute atomic E-state index is 14.7. The van der Waals surface area contributed by atoms with Gasteiger partial charge in [-0.1, -0.05) is 93.2 Å². The van der Waals surface area contributed by atoms with Gasteiger partial charge < -0.3 is 9.80 Å². The van der Waals surface area contributed by atoms with Gasteiger partial charge in [0.05, 0.1) is 5.92 Å². The van der Waals surface area contributed by atoms with Crippen molar-refractivity contribution in [3.63, 3.8) is 0 Å². The smallest absolute Gasteiger partial charge is 0.227 e. The molecule has 0 N–H and O–H groups in total. The molecule has 0 aliphatic heterocycles. The average Bonchev–Trinajstić information content (AvgIpc) is 3.39. The van der Waals surface area contributed by atoms with Crippen LogP contribution >= 0.6 is 0 Å². The first-order valence-corrected chi connectivity index (χ1v) is 15.9. The van der Waals surface area contributed by atoms with Crippen LogP contribution < -0.4 is 0 Å². The SMILES string of the molecule is CCCCN(CCCC)C(=O)CC(C(=O)N(CCCC)CCCC)C12C=CC(CC1)C2(C(C)C)C(C)C. The topological polar surface area (TPSA) is 40.6 Å². The molecule has 0 spiro atoms. The minimum Gasteiger partial charge on any atom is -0.343 e. The summed E-state index contributed by atoms with van der Waals surface area (Å²) in [5, 5.41) is 0. The van der Waals surface area contributed by atoms with E-state index >= 15 is 0 Å². The number of carbonyl (C=O) groups is 2. The lowest BCUT2D eigenvalue weighted by Crippen LogP contribution is -2.55. The lowest BCUT2D eigenvalue weighted by molar-refractivity contribution is -0.151. The van der Waals surface area contributed by atoms with Crippen LogP contribution in [-0.4, -0.2) is 47.8 Å². The van der Waals surface area contributed by atoms with Crippen molar-refractivity contribution in [2.75, 3.05) is 26.2 Å². The highest BCUT2D eigenvalue weighted by atomic mass is 16.2. The highest BCUT2D eigenvalue weighted by molar-refractivity contribution is 5.87. The molecule has 0 aromatic rings. The van der Waals surface area contributed by atoms with E-state index in [4.69, 9.17) is 0 Å². The molecule has 4 heteroatoms. The maximum Gasteiger partial charge on any atom is 0.227 e. The number of nitrogens with zero attached hydrogens (tertiary/aromatic N) is 2. The molecular weight excluding hydrogens is 456 g/mol. The molecule has 0 saturated heterocycles. The Labute approximate surface area is 230 Å². The molecule has 0 heterocycles. The molecule has 2 bridgehead atoms. The van der Waals surface area contributed by atoms with Gasteiger partial charge in [0, 0.05) is 38.0 Å². The Bertz CT molecular complexity index is 719. The lowest BCUT2D eigenvalue weighted by atomic mass is 9.50. The molecule has 0 aromatic heterocycles. The van der Waals surface area contributed by atoms with Crippen molar-refractivity contribution in [2.45, 2.75) is 126 Å². The van der Waals surface area contributed by atoms with Crippen LogP contribution in [-0.2, 0) is 9.59 Å². The molecule has 0 radical (unpaired) electrons. The fourth-order valence-electron chi connectivity index (χ4n) is 8.26. The third-order valence-electron chi connectivity index (χ3n) is 9.91. The van der Waals surface area contributed by atoms with E-state index in [0.717, 1.165) is 90.4 Å². The van der Waals surface area contributed by atoms with Crippen LogP contribution in [0.15, 0.2) is 12.2 Å². The maximum atomic E-state index is 14.7. The van der Waals surface area contributed by atoms with Gasteiger partial charge in [-0.2, -0.15) is 0 Å². The Morgan fingerprint density at radius 2 is 1.24 bits per heavy atom. The molecule has 1 fully saturated rings. The zero-order chi connectivity index (χ0) is 27.6. The number of allylic oxidation sites excluding steroid dienone is 2. The van der Waals surface area contributed by atoms with E-state index in [1.807, 2.05) is 0 Å². The predicted molar refractivity (Wildman–Crippen MR) is 157 cm³/mol. The monoisotopic (exact) mass is 516 g/mol. The average molecular weight is 517 g/mol. The first kappa shape index (κ1) is 31.9. The van der Waals surface area contributed by atoms with Crippen molar-refractivity contribution in [1.82, 2.24) is 9.80 Å². The summed E-state index contributed by atoms with van der Waals surface area (Å²) < 4.78 is 0. The van der Waals surface area contributed by atoms with Crippen molar-refractivity contribution < 1.29 is 9.59 Å². The summed E-state index contributed by atoms with van der Waals surface area (Å²) in [5.41, 5.74) is -0.197. The van der Waals surface area contributed by atoms with Crippen molar-refractivity contribution in [2.24, 2.45) is 34.5 Å². The molecule has 2 aliphatic carbocycles. The van der Waals surface area contributed by atoms with Gasteiger partial charge in [-0.15, -0.1) is 0 Å². The molecule has 214 valence electrons. The van der Waals surface area contributed by atoms with Gasteiger partial charge in [-0.25, -0.2) is 0 Å². The van der Waals surface area contributed by atoms with E-state index in [-0.39, 0.29) is 28.6 Å². The van der Waals surface area contributed by atoms with E-state index in [1.165, 1.54) is 0 Å². The summed E-state index contributed by atoms with van der Waals surface area (Å²) in [6, 6.07) is 0. The van der Waals surface area contributed by atoms with Crippen LogP contribution in [0.3, 0.4) is 0 Å². The second-order valence-electron chi connectivity index (χ2n) is 12.7. The van der Waals surface area contributed by atoms with E-state index in [2.05, 4.69) is 77.3 Å². The van der Waals surface area contributed by atoms with Gasteiger partial charge in [0.1, 0.15) is 0 Å². The molecular formula is C33H60N2O2. The third-order valence-corrected chi connectivity index (χ3v) is 9.91. The van der Waals surface area contributed by atoms with E-state index in [0.29, 0.717) is 24.2 Å². The van der Waals surface area contributed by atoms with Gasteiger partial charge in [0.2, 0.25) is 11.8 Å². The number of carbonyl (C=O) groups excluding carboxylic acids is 2. The second kappa shape index (κ2) is 14.7. The highest BCUT2D eigenvalue weighted by Gasteiger charge is 2.67. The van der Waals surface area contributed by atoms with Gasteiger partial charge in [0.25, 0.3) is 0 Å². The Kier molecular flexibility index (Phi) is 12.7. The second-order valence-corrected chi connectivity index (χ2v) is 12.7. The molecule has 37 heavy (non-hydrogen) atoms. The molecule has 3 unspecified atom stereocenters. The first-order chi connectivity index (χ1) is 17.7. The van der Waals surface area contributed by atoms with Crippen molar-refractivity contribution >= 4 is 11.8 Å². The summed E-state index contributed by atoms with van der Waals surface area (Å²) in [6.07, 6.45) is 15.8. The minimum absolute atomic E-state index is 0.0342. The van der Waals surface area contributed by atoms with Crippen LogP contribution in [0.25, 0.3) is 0 Å². The lowest BCUT2D eigenvalue weighted by Gasteiger charge is -2.53. The molecule has 0 aromatic carbocycles. The summed E-state index contributed by atoms with van der Waals surface area (Å²) in [6.45, 7) is 21.5. The zero-order valence-corrected chi connectivity index (χ0v) is 25.8. The predicted octanol–water partition coefficient (Wildman–Crippen LogP) is 8.11.